The number of hydrogen-bond acceptors (Lipinski definition) is 7. The van der Waals surface area contributed by atoms with E-state index in [1.54, 1.807) is 7.11 Å². The molecule has 0 bridgehead atoms. The fraction of sp³-hybridized carbons (Fsp3) is 0.484. The first-order valence-corrected chi connectivity index (χ1v) is 15.1. The molecular formula is C31H37N9O5. The van der Waals surface area contributed by atoms with Gasteiger partial charge in [0, 0.05) is 66.3 Å². The van der Waals surface area contributed by atoms with Gasteiger partial charge in [-0.15, -0.1) is 0 Å². The predicted molar refractivity (Wildman–Crippen MR) is 167 cm³/mol. The highest BCUT2D eigenvalue weighted by Gasteiger charge is 2.39. The van der Waals surface area contributed by atoms with Crippen LogP contribution >= 0.6 is 0 Å². The average molecular weight is 616 g/mol. The van der Waals surface area contributed by atoms with Gasteiger partial charge in [0.1, 0.15) is 6.10 Å². The lowest BCUT2D eigenvalue weighted by molar-refractivity contribution is -0.150. The number of azide groups is 2. The van der Waals surface area contributed by atoms with E-state index in [9.17, 15) is 9.59 Å². The largest absolute Gasteiger partial charge is 0.446 e. The summed E-state index contributed by atoms with van der Waals surface area (Å²) in [5.74, 6) is -0.170. The zero-order chi connectivity index (χ0) is 31.6. The maximum atomic E-state index is 13.9. The van der Waals surface area contributed by atoms with Gasteiger partial charge in [-0.25, -0.2) is 4.79 Å². The Labute approximate surface area is 260 Å². The number of methoxy groups -OCH3 is 1. The van der Waals surface area contributed by atoms with E-state index in [0.29, 0.717) is 13.2 Å². The van der Waals surface area contributed by atoms with E-state index in [2.05, 4.69) is 61.1 Å². The van der Waals surface area contributed by atoms with Gasteiger partial charge in [-0.1, -0.05) is 52.7 Å². The molecule has 5 rings (SSSR count). The van der Waals surface area contributed by atoms with Crippen molar-refractivity contribution in [3.63, 3.8) is 0 Å². The Bertz CT molecular complexity index is 1560. The van der Waals surface area contributed by atoms with Crippen LogP contribution in [0, 0.1) is 0 Å². The first kappa shape index (κ1) is 31.7. The molecule has 0 spiro atoms. The second-order valence-electron chi connectivity index (χ2n) is 11.1. The summed E-state index contributed by atoms with van der Waals surface area (Å²) in [7, 11) is 1.70. The van der Waals surface area contributed by atoms with Gasteiger partial charge in [0.05, 0.1) is 26.2 Å². The highest BCUT2D eigenvalue weighted by Crippen LogP contribution is 2.33. The van der Waals surface area contributed by atoms with Crippen LogP contribution < -0.4 is 0 Å². The van der Waals surface area contributed by atoms with Crippen LogP contribution in [0.4, 0.5) is 4.79 Å². The molecule has 1 aromatic heterocycles. The minimum atomic E-state index is -0.909. The topological polar surface area (TPSA) is 171 Å². The van der Waals surface area contributed by atoms with Crippen LogP contribution in [0.15, 0.2) is 65.0 Å². The highest BCUT2D eigenvalue weighted by atomic mass is 16.6. The van der Waals surface area contributed by atoms with Gasteiger partial charge in [0.2, 0.25) is 0 Å². The quantitative estimate of drug-likeness (QED) is 0.0983. The Hall–Kier alpha value is -4.74. The average Bonchev–Trinajstić information content (AvgIpc) is 3.87. The molecule has 1 aliphatic heterocycles. The van der Waals surface area contributed by atoms with Crippen molar-refractivity contribution >= 4 is 22.9 Å². The molecular weight excluding hydrogens is 578 g/mol. The third-order valence-electron chi connectivity index (χ3n) is 8.00. The van der Waals surface area contributed by atoms with E-state index < -0.39 is 18.3 Å². The molecule has 1 atom stereocenters. The first-order valence-electron chi connectivity index (χ1n) is 15.1. The maximum absolute atomic E-state index is 13.9. The van der Waals surface area contributed by atoms with Gasteiger partial charge in [-0.05, 0) is 53.1 Å². The Morgan fingerprint density at radius 3 is 2.53 bits per heavy atom. The fourth-order valence-electron chi connectivity index (χ4n) is 5.58. The van der Waals surface area contributed by atoms with Gasteiger partial charge < -0.3 is 28.6 Å². The van der Waals surface area contributed by atoms with Crippen LogP contribution in [0.5, 0.6) is 0 Å². The van der Waals surface area contributed by atoms with Crippen molar-refractivity contribution < 1.29 is 23.8 Å². The number of benzene rings is 2. The summed E-state index contributed by atoms with van der Waals surface area (Å²) < 4.78 is 18.9. The zero-order valence-electron chi connectivity index (χ0n) is 25.3. The van der Waals surface area contributed by atoms with Crippen molar-refractivity contribution in [3.05, 3.63) is 81.2 Å². The van der Waals surface area contributed by atoms with Crippen molar-refractivity contribution in [3.8, 4) is 11.1 Å². The van der Waals surface area contributed by atoms with Crippen molar-refractivity contribution in [2.24, 2.45) is 10.2 Å². The number of morpholine rings is 1. The number of amides is 2. The summed E-state index contributed by atoms with van der Waals surface area (Å²) in [6.07, 6.45) is 2.37. The molecule has 2 heterocycles. The van der Waals surface area contributed by atoms with E-state index in [0.717, 1.165) is 53.4 Å². The third-order valence-corrected chi connectivity index (χ3v) is 8.00. The van der Waals surface area contributed by atoms with E-state index in [1.807, 2.05) is 23.1 Å². The lowest BCUT2D eigenvalue weighted by atomic mass is 10.0. The number of ether oxygens (including phenoxy) is 3. The summed E-state index contributed by atoms with van der Waals surface area (Å²) in [5.41, 5.74) is 21.7. The number of aryl methyl sites for hydroxylation is 1. The van der Waals surface area contributed by atoms with Crippen molar-refractivity contribution in [1.29, 1.82) is 0 Å². The van der Waals surface area contributed by atoms with E-state index in [-0.39, 0.29) is 44.7 Å². The summed E-state index contributed by atoms with van der Waals surface area (Å²) in [6.45, 7) is 1.94. The summed E-state index contributed by atoms with van der Waals surface area (Å²) in [4.78, 5) is 35.5. The maximum Gasteiger partial charge on any atom is 0.410 e. The second kappa shape index (κ2) is 15.3. The number of fused-ring (bicyclic) bond motifs is 1. The monoisotopic (exact) mass is 615 g/mol. The van der Waals surface area contributed by atoms with Crippen LogP contribution in [0.25, 0.3) is 42.9 Å². The molecule has 2 amide bonds. The molecule has 0 radical (unpaired) electrons. The molecule has 2 fully saturated rings. The summed E-state index contributed by atoms with van der Waals surface area (Å²) in [5, 5.41) is 7.95. The lowest BCUT2D eigenvalue weighted by Crippen LogP contribution is -2.53. The van der Waals surface area contributed by atoms with Gasteiger partial charge in [-0.3, -0.25) is 4.79 Å². The number of aromatic nitrogens is 1. The Morgan fingerprint density at radius 2 is 1.84 bits per heavy atom. The summed E-state index contributed by atoms with van der Waals surface area (Å²) >= 11 is 0. The smallest absolute Gasteiger partial charge is 0.410 e. The standard InChI is InChI=1S/C31H37N9O5/c1-43-14-5-12-38-19-24(27-11-8-23(16-28(27)38)22-6-3-2-4-7-22)20-40(25-9-10-25)30(41)29-21-39(13-15-44-29)31(42)45-26(17-34-36-32)18-35-37-33/h2-4,6-8,11,16,19,25-26,29H,5,9-10,12-15,17-18,20-21H2,1H3/t29-/m1/s1. The van der Waals surface area contributed by atoms with E-state index >= 15 is 0 Å². The molecule has 1 saturated heterocycles. The number of hydrogen-bond donors (Lipinski definition) is 0. The molecule has 0 N–H and O–H groups in total. The molecule has 2 aromatic carbocycles. The Balaban J connectivity index is 1.33. The molecule has 45 heavy (non-hydrogen) atoms. The van der Waals surface area contributed by atoms with Crippen LogP contribution in [-0.2, 0) is 32.1 Å². The van der Waals surface area contributed by atoms with Crippen LogP contribution in [-0.4, -0.2) is 91.1 Å². The Morgan fingerprint density at radius 1 is 1.09 bits per heavy atom. The van der Waals surface area contributed by atoms with Gasteiger partial charge in [0.15, 0.2) is 6.10 Å². The van der Waals surface area contributed by atoms with Crippen molar-refractivity contribution in [1.82, 2.24) is 14.4 Å². The van der Waals surface area contributed by atoms with Gasteiger partial charge >= 0.3 is 6.09 Å². The minimum absolute atomic E-state index is 0.0237. The molecule has 14 nitrogen and oxygen atoms in total. The summed E-state index contributed by atoms with van der Waals surface area (Å²) in [6, 6.07) is 16.8. The number of nitrogens with zero attached hydrogens (tertiary/aromatic N) is 9. The van der Waals surface area contributed by atoms with E-state index in [1.165, 1.54) is 4.90 Å². The van der Waals surface area contributed by atoms with Gasteiger partial charge in [0.25, 0.3) is 5.91 Å². The van der Waals surface area contributed by atoms with Crippen molar-refractivity contribution in [2.75, 3.05) is 46.5 Å². The Kier molecular flexibility index (Phi) is 10.8. The molecule has 3 aromatic rings. The normalized spacial score (nSPS) is 16.8. The number of rotatable bonds is 14. The van der Waals surface area contributed by atoms with Crippen LogP contribution in [0.2, 0.25) is 0 Å². The molecule has 14 heteroatoms. The number of carbonyl (C=O) groups is 2. The van der Waals surface area contributed by atoms with Gasteiger partial charge in [-0.2, -0.15) is 0 Å². The third kappa shape index (κ3) is 8.05. The van der Waals surface area contributed by atoms with Crippen molar-refractivity contribution in [2.45, 2.75) is 50.6 Å². The molecule has 1 aliphatic carbocycles. The molecule has 2 aliphatic rings. The SMILES string of the molecule is COCCCn1cc(CN(C(=O)[C@H]2CN(C(=O)OC(CN=[N+]=[N-])CN=[N+]=[N-])CCO2)C2CC2)c2ccc(-c3ccccc3)cc21. The molecule has 0 unspecified atom stereocenters. The highest BCUT2D eigenvalue weighted by molar-refractivity contribution is 5.89. The minimum Gasteiger partial charge on any atom is -0.446 e. The van der Waals surface area contributed by atoms with E-state index in [4.69, 9.17) is 25.3 Å². The molecule has 236 valence electrons. The molecule has 1 saturated carbocycles. The predicted octanol–water partition coefficient (Wildman–Crippen LogP) is 5.66. The first-order chi connectivity index (χ1) is 22.0. The number of carbonyl (C=O) groups excluding carboxylic acids is 2. The van der Waals surface area contributed by atoms with Crippen LogP contribution in [0.1, 0.15) is 24.8 Å². The lowest BCUT2D eigenvalue weighted by Gasteiger charge is -2.35. The second-order valence-corrected chi connectivity index (χ2v) is 11.1. The van der Waals surface area contributed by atoms with Crippen LogP contribution in [0.3, 0.4) is 0 Å². The fourth-order valence-corrected chi connectivity index (χ4v) is 5.58. The zero-order valence-corrected chi connectivity index (χ0v) is 25.3.